The van der Waals surface area contributed by atoms with E-state index in [-0.39, 0.29) is 0 Å². The standard InChI is InChI=1S/C22H19NO4/c1-16(21(24)23-18-10-4-2-5-11-18)26-22(25)17-9-8-14-20(15-17)27-19-12-6-3-7-13-19/h2-16H,1H3,(H,23,24)/t16-/m0/s1. The highest BCUT2D eigenvalue weighted by Gasteiger charge is 2.19. The molecule has 27 heavy (non-hydrogen) atoms. The minimum Gasteiger partial charge on any atom is -0.457 e. The van der Waals surface area contributed by atoms with Gasteiger partial charge in [-0.2, -0.15) is 0 Å². The van der Waals surface area contributed by atoms with Crippen LogP contribution in [0.2, 0.25) is 0 Å². The van der Waals surface area contributed by atoms with Gasteiger partial charge in [0, 0.05) is 5.69 Å². The average Bonchev–Trinajstić information content (AvgIpc) is 2.69. The van der Waals surface area contributed by atoms with Crippen LogP contribution in [0.3, 0.4) is 0 Å². The summed E-state index contributed by atoms with van der Waals surface area (Å²) >= 11 is 0. The number of ether oxygens (including phenoxy) is 2. The van der Waals surface area contributed by atoms with Crippen LogP contribution in [0.4, 0.5) is 5.69 Å². The molecule has 3 aromatic carbocycles. The highest BCUT2D eigenvalue weighted by atomic mass is 16.5. The summed E-state index contributed by atoms with van der Waals surface area (Å²) < 4.78 is 11.0. The van der Waals surface area contributed by atoms with E-state index in [1.54, 1.807) is 36.4 Å². The second-order valence-electron chi connectivity index (χ2n) is 5.85. The summed E-state index contributed by atoms with van der Waals surface area (Å²) in [6.07, 6.45) is -0.934. The lowest BCUT2D eigenvalue weighted by atomic mass is 10.2. The van der Waals surface area contributed by atoms with Crippen molar-refractivity contribution >= 4 is 17.6 Å². The van der Waals surface area contributed by atoms with Crippen LogP contribution in [-0.4, -0.2) is 18.0 Å². The van der Waals surface area contributed by atoms with Gasteiger partial charge in [0.1, 0.15) is 11.5 Å². The van der Waals surface area contributed by atoms with Gasteiger partial charge in [-0.15, -0.1) is 0 Å². The van der Waals surface area contributed by atoms with Crippen molar-refractivity contribution in [3.8, 4) is 11.5 Å². The molecule has 0 unspecified atom stereocenters. The largest absolute Gasteiger partial charge is 0.457 e. The highest BCUT2D eigenvalue weighted by Crippen LogP contribution is 2.22. The third kappa shape index (κ3) is 5.19. The van der Waals surface area contributed by atoms with Gasteiger partial charge in [0.25, 0.3) is 5.91 Å². The van der Waals surface area contributed by atoms with Gasteiger partial charge in [-0.1, -0.05) is 42.5 Å². The van der Waals surface area contributed by atoms with Gasteiger partial charge in [-0.25, -0.2) is 4.79 Å². The molecular formula is C22H19NO4. The Labute approximate surface area is 157 Å². The van der Waals surface area contributed by atoms with Crippen LogP contribution < -0.4 is 10.1 Å². The van der Waals surface area contributed by atoms with Crippen LogP contribution >= 0.6 is 0 Å². The number of anilines is 1. The van der Waals surface area contributed by atoms with E-state index in [0.29, 0.717) is 22.7 Å². The minimum absolute atomic E-state index is 0.308. The summed E-state index contributed by atoms with van der Waals surface area (Å²) in [7, 11) is 0. The number of esters is 1. The Hall–Kier alpha value is -3.60. The predicted molar refractivity (Wildman–Crippen MR) is 103 cm³/mol. The maximum atomic E-state index is 12.4. The van der Waals surface area contributed by atoms with Gasteiger partial charge in [0.05, 0.1) is 5.56 Å². The zero-order chi connectivity index (χ0) is 19.1. The molecule has 0 spiro atoms. The molecule has 1 amide bonds. The highest BCUT2D eigenvalue weighted by molar-refractivity contribution is 5.97. The Bertz CT molecular complexity index is 910. The molecule has 3 rings (SSSR count). The quantitative estimate of drug-likeness (QED) is 0.649. The summed E-state index contributed by atoms with van der Waals surface area (Å²) in [6.45, 7) is 1.53. The maximum Gasteiger partial charge on any atom is 0.339 e. The Morgan fingerprint density at radius 2 is 1.44 bits per heavy atom. The summed E-state index contributed by atoms with van der Waals surface area (Å²) in [5.41, 5.74) is 0.950. The first-order chi connectivity index (χ1) is 13.1. The van der Waals surface area contributed by atoms with E-state index in [2.05, 4.69) is 5.32 Å². The SMILES string of the molecule is C[C@H](OC(=O)c1cccc(Oc2ccccc2)c1)C(=O)Nc1ccccc1. The molecule has 3 aromatic rings. The number of benzene rings is 3. The molecule has 0 fully saturated rings. The molecule has 0 heterocycles. The Morgan fingerprint density at radius 3 is 2.15 bits per heavy atom. The van der Waals surface area contributed by atoms with Gasteiger partial charge in [0.15, 0.2) is 6.10 Å². The number of para-hydroxylation sites is 2. The van der Waals surface area contributed by atoms with E-state index in [4.69, 9.17) is 9.47 Å². The molecule has 0 aliphatic heterocycles. The van der Waals surface area contributed by atoms with Crippen LogP contribution in [0.25, 0.3) is 0 Å². The number of hydrogen-bond donors (Lipinski definition) is 1. The van der Waals surface area contributed by atoms with Crippen molar-refractivity contribution in [1.29, 1.82) is 0 Å². The van der Waals surface area contributed by atoms with Gasteiger partial charge in [-0.3, -0.25) is 4.79 Å². The third-order valence-corrected chi connectivity index (χ3v) is 3.74. The summed E-state index contributed by atoms with van der Waals surface area (Å²) in [6, 6.07) is 24.9. The fourth-order valence-corrected chi connectivity index (χ4v) is 2.36. The molecule has 0 radical (unpaired) electrons. The van der Waals surface area contributed by atoms with Crippen molar-refractivity contribution in [2.45, 2.75) is 13.0 Å². The van der Waals surface area contributed by atoms with Crippen LogP contribution in [0, 0.1) is 0 Å². The fraction of sp³-hybridized carbons (Fsp3) is 0.0909. The average molecular weight is 361 g/mol. The predicted octanol–water partition coefficient (Wildman–Crippen LogP) is 4.66. The topological polar surface area (TPSA) is 64.6 Å². The lowest BCUT2D eigenvalue weighted by Gasteiger charge is -2.14. The van der Waals surface area contributed by atoms with Gasteiger partial charge in [-0.05, 0) is 49.4 Å². The second kappa shape index (κ2) is 8.67. The lowest BCUT2D eigenvalue weighted by molar-refractivity contribution is -0.123. The molecule has 0 aromatic heterocycles. The Balaban J connectivity index is 1.62. The molecule has 5 heteroatoms. The number of carbonyl (C=O) groups is 2. The zero-order valence-electron chi connectivity index (χ0n) is 14.8. The van der Waals surface area contributed by atoms with Crippen LogP contribution in [0.15, 0.2) is 84.9 Å². The first-order valence-corrected chi connectivity index (χ1v) is 8.52. The van der Waals surface area contributed by atoms with Gasteiger partial charge < -0.3 is 14.8 Å². The van der Waals surface area contributed by atoms with Gasteiger partial charge >= 0.3 is 5.97 Å². The zero-order valence-corrected chi connectivity index (χ0v) is 14.8. The normalized spacial score (nSPS) is 11.3. The van der Waals surface area contributed by atoms with Gasteiger partial charge in [0.2, 0.25) is 0 Å². The summed E-state index contributed by atoms with van der Waals surface area (Å²) in [5, 5.41) is 2.70. The molecule has 0 saturated carbocycles. The Morgan fingerprint density at radius 1 is 0.815 bits per heavy atom. The van der Waals surface area contributed by atoms with Crippen molar-refractivity contribution in [2.75, 3.05) is 5.32 Å². The molecule has 0 bridgehead atoms. The van der Waals surface area contributed by atoms with Crippen LogP contribution in [0.1, 0.15) is 17.3 Å². The monoisotopic (exact) mass is 361 g/mol. The van der Waals surface area contributed by atoms with E-state index in [1.807, 2.05) is 48.5 Å². The number of amides is 1. The van der Waals surface area contributed by atoms with Crippen molar-refractivity contribution in [3.05, 3.63) is 90.5 Å². The van der Waals surface area contributed by atoms with E-state index in [0.717, 1.165) is 0 Å². The van der Waals surface area contributed by atoms with Crippen LogP contribution in [0.5, 0.6) is 11.5 Å². The first kappa shape index (κ1) is 18.2. The molecule has 0 saturated heterocycles. The number of carbonyl (C=O) groups excluding carboxylic acids is 2. The van der Waals surface area contributed by atoms with E-state index in [9.17, 15) is 9.59 Å². The first-order valence-electron chi connectivity index (χ1n) is 8.52. The van der Waals surface area contributed by atoms with Crippen molar-refractivity contribution in [1.82, 2.24) is 0 Å². The molecule has 1 atom stereocenters. The second-order valence-corrected chi connectivity index (χ2v) is 5.85. The maximum absolute atomic E-state index is 12.4. The summed E-state index contributed by atoms with van der Waals surface area (Å²) in [4.78, 5) is 24.5. The van der Waals surface area contributed by atoms with Crippen LogP contribution in [-0.2, 0) is 9.53 Å². The van der Waals surface area contributed by atoms with Crippen molar-refractivity contribution in [3.63, 3.8) is 0 Å². The molecule has 0 aliphatic rings. The summed E-state index contributed by atoms with van der Waals surface area (Å²) in [5.74, 6) is 0.186. The Kier molecular flexibility index (Phi) is 5.84. The molecule has 5 nitrogen and oxygen atoms in total. The van der Waals surface area contributed by atoms with Crippen molar-refractivity contribution in [2.24, 2.45) is 0 Å². The van der Waals surface area contributed by atoms with Crippen molar-refractivity contribution < 1.29 is 19.1 Å². The lowest BCUT2D eigenvalue weighted by Crippen LogP contribution is -2.29. The molecule has 0 aliphatic carbocycles. The minimum atomic E-state index is -0.934. The molecule has 136 valence electrons. The fourth-order valence-electron chi connectivity index (χ4n) is 2.36. The van der Waals surface area contributed by atoms with E-state index >= 15 is 0 Å². The number of hydrogen-bond acceptors (Lipinski definition) is 4. The number of nitrogens with one attached hydrogen (secondary N) is 1. The van der Waals surface area contributed by atoms with E-state index < -0.39 is 18.0 Å². The number of rotatable bonds is 6. The smallest absolute Gasteiger partial charge is 0.339 e. The molecule has 1 N–H and O–H groups in total. The van der Waals surface area contributed by atoms with E-state index in [1.165, 1.54) is 6.92 Å². The third-order valence-electron chi connectivity index (χ3n) is 3.74. The molecular weight excluding hydrogens is 342 g/mol.